The molecular formula is C18H21OS. The maximum atomic E-state index is 12.5. The molecule has 105 valence electrons. The number of carbonyl (C=O) groups excluding carboxylic acids is 1. The van der Waals surface area contributed by atoms with Gasteiger partial charge < -0.3 is 0 Å². The first-order valence-electron chi connectivity index (χ1n) is 7.08. The molecule has 0 saturated heterocycles. The van der Waals surface area contributed by atoms with E-state index in [4.69, 9.17) is 0 Å². The number of benzene rings is 1. The Morgan fingerprint density at radius 1 is 1.15 bits per heavy atom. The molecule has 0 aliphatic rings. The monoisotopic (exact) mass is 285 g/mol. The summed E-state index contributed by atoms with van der Waals surface area (Å²) in [7, 11) is 0. The highest BCUT2D eigenvalue weighted by Crippen LogP contribution is 2.23. The molecule has 0 fully saturated rings. The van der Waals surface area contributed by atoms with Gasteiger partial charge >= 0.3 is 0 Å². The minimum absolute atomic E-state index is 0.196. The summed E-state index contributed by atoms with van der Waals surface area (Å²) in [6.07, 6.45) is 0.489. The highest BCUT2D eigenvalue weighted by atomic mass is 32.1. The molecule has 1 aromatic heterocycles. The van der Waals surface area contributed by atoms with E-state index < -0.39 is 0 Å². The van der Waals surface area contributed by atoms with Crippen LogP contribution in [0.2, 0.25) is 0 Å². The number of hydrogen-bond donors (Lipinski definition) is 0. The van der Waals surface area contributed by atoms with Crippen LogP contribution in [0.25, 0.3) is 0 Å². The molecule has 0 aliphatic heterocycles. The minimum Gasteiger partial charge on any atom is -0.294 e. The van der Waals surface area contributed by atoms with E-state index in [-0.39, 0.29) is 5.78 Å². The summed E-state index contributed by atoms with van der Waals surface area (Å²) in [6, 6.07) is 9.48. The van der Waals surface area contributed by atoms with E-state index in [1.165, 1.54) is 0 Å². The van der Waals surface area contributed by atoms with Gasteiger partial charge in [0.15, 0.2) is 5.78 Å². The summed E-state index contributed by atoms with van der Waals surface area (Å²) in [5.41, 5.74) is 4.18. The first-order valence-corrected chi connectivity index (χ1v) is 8.03. The molecule has 2 rings (SSSR count). The van der Waals surface area contributed by atoms with E-state index in [1.54, 1.807) is 11.3 Å². The van der Waals surface area contributed by atoms with Gasteiger partial charge in [-0.25, -0.2) is 0 Å². The standard InChI is InChI=1S/C18H21OS/c1-12(2)15-8-16(13(3)4)10-17(9-15)18(19)7-14-5-6-20-11-14/h5-6,9-13H,7H2,1-4H3. The second-order valence-electron chi connectivity index (χ2n) is 5.82. The van der Waals surface area contributed by atoms with E-state index in [1.807, 2.05) is 29.0 Å². The van der Waals surface area contributed by atoms with Crippen molar-refractivity contribution in [2.45, 2.75) is 46.0 Å². The van der Waals surface area contributed by atoms with Crippen molar-refractivity contribution in [1.29, 1.82) is 0 Å². The molecule has 0 aliphatic carbocycles. The summed E-state index contributed by atoms with van der Waals surface area (Å²) < 4.78 is 0. The second kappa shape index (κ2) is 6.36. The average Bonchev–Trinajstić information content (AvgIpc) is 2.90. The third-order valence-electron chi connectivity index (χ3n) is 3.42. The Morgan fingerprint density at radius 3 is 2.20 bits per heavy atom. The number of ketones is 1. The van der Waals surface area contributed by atoms with E-state index in [2.05, 4.69) is 33.8 Å². The predicted molar refractivity (Wildman–Crippen MR) is 85.8 cm³/mol. The van der Waals surface area contributed by atoms with Gasteiger partial charge in [-0.15, -0.1) is 0 Å². The molecule has 0 spiro atoms. The minimum atomic E-state index is 0.196. The van der Waals surface area contributed by atoms with Gasteiger partial charge in [-0.05, 0) is 63.6 Å². The number of rotatable bonds is 5. The van der Waals surface area contributed by atoms with Gasteiger partial charge in [0.05, 0.1) is 0 Å². The van der Waals surface area contributed by atoms with E-state index in [0.717, 1.165) is 22.3 Å². The van der Waals surface area contributed by atoms with Crippen molar-refractivity contribution in [2.75, 3.05) is 0 Å². The van der Waals surface area contributed by atoms with Gasteiger partial charge in [-0.1, -0.05) is 27.7 Å². The molecule has 2 heteroatoms. The summed E-state index contributed by atoms with van der Waals surface area (Å²) in [5, 5.41) is 4.06. The number of hydrogen-bond acceptors (Lipinski definition) is 2. The molecular weight excluding hydrogens is 264 g/mol. The highest BCUT2D eigenvalue weighted by Gasteiger charge is 2.13. The average molecular weight is 285 g/mol. The maximum absolute atomic E-state index is 12.5. The zero-order chi connectivity index (χ0) is 14.7. The van der Waals surface area contributed by atoms with Crippen LogP contribution in [-0.2, 0) is 6.42 Å². The zero-order valence-electron chi connectivity index (χ0n) is 12.6. The lowest BCUT2D eigenvalue weighted by Crippen LogP contribution is -2.06. The maximum Gasteiger partial charge on any atom is 0.167 e. The van der Waals surface area contributed by atoms with Gasteiger partial charge in [0, 0.05) is 12.0 Å². The Hall–Kier alpha value is -1.41. The second-order valence-corrected chi connectivity index (χ2v) is 6.60. The molecule has 2 aromatic rings. The summed E-state index contributed by atoms with van der Waals surface area (Å²) in [4.78, 5) is 12.5. The Balaban J connectivity index is 2.32. The molecule has 0 unspecified atom stereocenters. The third kappa shape index (κ3) is 3.57. The number of Topliss-reactive ketones (excluding diaryl/α,β-unsaturated/α-hetero) is 1. The van der Waals surface area contributed by atoms with Crippen LogP contribution in [0.4, 0.5) is 0 Å². The molecule has 0 atom stereocenters. The Labute approximate surface area is 125 Å². The molecule has 1 nitrogen and oxygen atoms in total. The van der Waals surface area contributed by atoms with Crippen molar-refractivity contribution >= 4 is 17.1 Å². The predicted octanol–water partition coefficient (Wildman–Crippen LogP) is 5.22. The Kier molecular flexibility index (Phi) is 4.77. The topological polar surface area (TPSA) is 17.1 Å². The van der Waals surface area contributed by atoms with E-state index in [0.29, 0.717) is 18.3 Å². The molecule has 1 radical (unpaired) electrons. The van der Waals surface area contributed by atoms with Crippen LogP contribution in [0, 0.1) is 6.07 Å². The fraction of sp³-hybridized carbons (Fsp3) is 0.389. The molecule has 1 heterocycles. The van der Waals surface area contributed by atoms with Crippen molar-refractivity contribution in [3.05, 3.63) is 57.3 Å². The Bertz CT molecular complexity index is 553. The molecule has 0 amide bonds. The van der Waals surface area contributed by atoms with Crippen molar-refractivity contribution < 1.29 is 4.79 Å². The quantitative estimate of drug-likeness (QED) is 0.688. The van der Waals surface area contributed by atoms with Gasteiger partial charge in [0.25, 0.3) is 0 Å². The van der Waals surface area contributed by atoms with E-state index >= 15 is 0 Å². The van der Waals surface area contributed by atoms with Gasteiger partial charge in [-0.2, -0.15) is 11.3 Å². The molecule has 1 aromatic carbocycles. The van der Waals surface area contributed by atoms with Crippen LogP contribution in [-0.4, -0.2) is 5.78 Å². The fourth-order valence-electron chi connectivity index (χ4n) is 2.08. The molecule has 0 bridgehead atoms. The van der Waals surface area contributed by atoms with Crippen LogP contribution < -0.4 is 0 Å². The summed E-state index contributed by atoms with van der Waals surface area (Å²) >= 11 is 1.63. The largest absolute Gasteiger partial charge is 0.294 e. The van der Waals surface area contributed by atoms with Gasteiger partial charge in [0.2, 0.25) is 0 Å². The van der Waals surface area contributed by atoms with Crippen LogP contribution >= 0.6 is 11.3 Å². The van der Waals surface area contributed by atoms with Crippen molar-refractivity contribution in [2.24, 2.45) is 0 Å². The van der Waals surface area contributed by atoms with Crippen molar-refractivity contribution in [3.63, 3.8) is 0 Å². The lowest BCUT2D eigenvalue weighted by atomic mass is 9.91. The van der Waals surface area contributed by atoms with Gasteiger partial charge in [-0.3, -0.25) is 4.79 Å². The number of carbonyl (C=O) groups is 1. The van der Waals surface area contributed by atoms with Crippen LogP contribution in [0.15, 0.2) is 29.0 Å². The lowest BCUT2D eigenvalue weighted by Gasteiger charge is -2.13. The molecule has 0 saturated carbocycles. The first-order chi connectivity index (χ1) is 9.47. The highest BCUT2D eigenvalue weighted by molar-refractivity contribution is 7.08. The lowest BCUT2D eigenvalue weighted by molar-refractivity contribution is 0.0993. The normalized spacial score (nSPS) is 11.3. The Morgan fingerprint density at radius 2 is 1.75 bits per heavy atom. The van der Waals surface area contributed by atoms with Gasteiger partial charge in [0.1, 0.15) is 0 Å². The summed E-state index contributed by atoms with van der Waals surface area (Å²) in [5.74, 6) is 0.976. The van der Waals surface area contributed by atoms with Crippen LogP contribution in [0.5, 0.6) is 0 Å². The first kappa shape index (κ1) is 15.0. The van der Waals surface area contributed by atoms with E-state index in [9.17, 15) is 4.79 Å². The smallest absolute Gasteiger partial charge is 0.167 e. The number of thiophene rings is 1. The van der Waals surface area contributed by atoms with Crippen LogP contribution in [0.3, 0.4) is 0 Å². The fourth-order valence-corrected chi connectivity index (χ4v) is 2.75. The van der Waals surface area contributed by atoms with Crippen LogP contribution in [0.1, 0.15) is 66.6 Å². The third-order valence-corrected chi connectivity index (χ3v) is 4.15. The molecule has 20 heavy (non-hydrogen) atoms. The zero-order valence-corrected chi connectivity index (χ0v) is 13.4. The molecule has 0 N–H and O–H groups in total. The van der Waals surface area contributed by atoms with Crippen molar-refractivity contribution in [1.82, 2.24) is 0 Å². The SMILES string of the molecule is CC(C)c1[c]c(C(C)C)cc(C(=O)Cc2ccsc2)c1. The summed E-state index contributed by atoms with van der Waals surface area (Å²) in [6.45, 7) is 8.57. The van der Waals surface area contributed by atoms with Crippen molar-refractivity contribution in [3.8, 4) is 0 Å².